The lowest BCUT2D eigenvalue weighted by molar-refractivity contribution is -0.151. The lowest BCUT2D eigenvalue weighted by atomic mass is 9.52. The highest BCUT2D eigenvalue weighted by Gasteiger charge is 2.54. The Bertz CT molecular complexity index is 544. The number of hydrogen-bond donors (Lipinski definition) is 0. The zero-order chi connectivity index (χ0) is 16.7. The summed E-state index contributed by atoms with van der Waals surface area (Å²) >= 11 is 0. The second-order valence-corrected chi connectivity index (χ2v) is 8.55. The van der Waals surface area contributed by atoms with Crippen molar-refractivity contribution in [1.29, 1.82) is 5.26 Å². The molecule has 1 unspecified atom stereocenters. The average molecular weight is 330 g/mol. The van der Waals surface area contributed by atoms with E-state index < -0.39 is 0 Å². The van der Waals surface area contributed by atoms with Gasteiger partial charge in [-0.05, 0) is 56.3 Å². The van der Waals surface area contributed by atoms with Crippen LogP contribution in [0.3, 0.4) is 0 Å². The number of amides is 1. The fourth-order valence-electron chi connectivity index (χ4n) is 6.24. The van der Waals surface area contributed by atoms with Gasteiger partial charge < -0.3 is 9.64 Å². The highest BCUT2D eigenvalue weighted by Crippen LogP contribution is 2.58. The van der Waals surface area contributed by atoms with Crippen LogP contribution >= 0.6 is 0 Å². The SMILES string of the molecule is N#CCCN(C(=O)CC1COC(=O)C1)C12CC3CC(CC(C3)C1)C2. The van der Waals surface area contributed by atoms with Crippen LogP contribution in [0.5, 0.6) is 0 Å². The molecule has 4 aliphatic carbocycles. The molecule has 1 amide bonds. The molecular weight excluding hydrogens is 304 g/mol. The van der Waals surface area contributed by atoms with Crippen LogP contribution in [0, 0.1) is 35.0 Å². The molecule has 0 radical (unpaired) electrons. The van der Waals surface area contributed by atoms with E-state index in [1.165, 1.54) is 19.3 Å². The molecule has 4 saturated carbocycles. The first kappa shape index (κ1) is 15.9. The molecule has 5 rings (SSSR count). The molecule has 0 aromatic rings. The number of cyclic esters (lactones) is 1. The molecule has 1 saturated heterocycles. The van der Waals surface area contributed by atoms with Gasteiger partial charge in [0.05, 0.1) is 25.5 Å². The molecule has 4 bridgehead atoms. The van der Waals surface area contributed by atoms with E-state index in [1.54, 1.807) is 0 Å². The van der Waals surface area contributed by atoms with Crippen molar-refractivity contribution in [3.63, 3.8) is 0 Å². The first-order chi connectivity index (χ1) is 11.6. The molecule has 130 valence electrons. The summed E-state index contributed by atoms with van der Waals surface area (Å²) < 4.78 is 5.01. The van der Waals surface area contributed by atoms with Crippen LogP contribution in [0.25, 0.3) is 0 Å². The smallest absolute Gasteiger partial charge is 0.306 e. The summed E-state index contributed by atoms with van der Waals surface area (Å²) in [5.41, 5.74) is -0.00778. The lowest BCUT2D eigenvalue weighted by Gasteiger charge is -2.60. The Hall–Kier alpha value is -1.57. The van der Waals surface area contributed by atoms with Gasteiger partial charge in [-0.15, -0.1) is 0 Å². The Kier molecular flexibility index (Phi) is 4.02. The van der Waals surface area contributed by atoms with Crippen molar-refractivity contribution in [3.8, 4) is 6.07 Å². The van der Waals surface area contributed by atoms with Gasteiger partial charge in [-0.1, -0.05) is 0 Å². The molecule has 1 heterocycles. The van der Waals surface area contributed by atoms with E-state index >= 15 is 0 Å². The van der Waals surface area contributed by atoms with E-state index in [0.29, 0.717) is 32.4 Å². The summed E-state index contributed by atoms with van der Waals surface area (Å²) in [6.45, 7) is 0.917. The third-order valence-electron chi connectivity index (χ3n) is 6.73. The van der Waals surface area contributed by atoms with Gasteiger partial charge in [0.2, 0.25) is 5.91 Å². The maximum atomic E-state index is 13.1. The van der Waals surface area contributed by atoms with Crippen LogP contribution in [0.1, 0.15) is 57.8 Å². The molecule has 24 heavy (non-hydrogen) atoms. The number of ether oxygens (including phenoxy) is 1. The summed E-state index contributed by atoms with van der Waals surface area (Å²) in [6, 6.07) is 2.21. The van der Waals surface area contributed by atoms with Gasteiger partial charge in [0, 0.05) is 24.4 Å². The summed E-state index contributed by atoms with van der Waals surface area (Å²) in [5.74, 6) is 2.27. The Balaban J connectivity index is 1.52. The number of rotatable bonds is 5. The predicted octanol–water partition coefficient (Wildman–Crippen LogP) is 2.65. The Morgan fingerprint density at radius 1 is 1.21 bits per heavy atom. The minimum Gasteiger partial charge on any atom is -0.465 e. The molecule has 0 N–H and O–H groups in total. The monoisotopic (exact) mass is 330 g/mol. The number of carbonyl (C=O) groups excluding carboxylic acids is 2. The first-order valence-corrected chi connectivity index (χ1v) is 9.41. The quantitative estimate of drug-likeness (QED) is 0.727. The van der Waals surface area contributed by atoms with Crippen LogP contribution in [-0.2, 0) is 14.3 Å². The molecule has 0 aromatic heterocycles. The molecular formula is C19H26N2O3. The topological polar surface area (TPSA) is 70.4 Å². The lowest BCUT2D eigenvalue weighted by Crippen LogP contribution is -2.61. The molecule has 0 spiro atoms. The maximum Gasteiger partial charge on any atom is 0.306 e. The number of hydrogen-bond acceptors (Lipinski definition) is 4. The number of nitrogens with zero attached hydrogens (tertiary/aromatic N) is 2. The summed E-state index contributed by atoms with van der Waals surface area (Å²) in [4.78, 5) is 26.4. The summed E-state index contributed by atoms with van der Waals surface area (Å²) in [7, 11) is 0. The van der Waals surface area contributed by atoms with Crippen molar-refractivity contribution >= 4 is 11.9 Å². The van der Waals surface area contributed by atoms with Crippen molar-refractivity contribution in [3.05, 3.63) is 0 Å². The zero-order valence-electron chi connectivity index (χ0n) is 14.2. The molecule has 5 nitrogen and oxygen atoms in total. The third-order valence-corrected chi connectivity index (χ3v) is 6.73. The Labute approximate surface area is 143 Å². The van der Waals surface area contributed by atoms with Crippen LogP contribution in [0.4, 0.5) is 0 Å². The molecule has 5 aliphatic rings. The van der Waals surface area contributed by atoms with Crippen molar-refractivity contribution in [1.82, 2.24) is 4.90 Å². The van der Waals surface area contributed by atoms with Crippen molar-refractivity contribution in [2.24, 2.45) is 23.7 Å². The van der Waals surface area contributed by atoms with Crippen LogP contribution < -0.4 is 0 Å². The van der Waals surface area contributed by atoms with Crippen molar-refractivity contribution in [2.75, 3.05) is 13.2 Å². The van der Waals surface area contributed by atoms with Crippen LogP contribution in [-0.4, -0.2) is 35.5 Å². The van der Waals surface area contributed by atoms with E-state index in [4.69, 9.17) is 10.00 Å². The molecule has 0 aromatic carbocycles. The van der Waals surface area contributed by atoms with Gasteiger partial charge in [-0.2, -0.15) is 5.26 Å². The number of nitriles is 1. The van der Waals surface area contributed by atoms with Crippen LogP contribution in [0.15, 0.2) is 0 Å². The van der Waals surface area contributed by atoms with Gasteiger partial charge in [-0.3, -0.25) is 9.59 Å². The van der Waals surface area contributed by atoms with Gasteiger partial charge in [-0.25, -0.2) is 0 Å². The van der Waals surface area contributed by atoms with Crippen LogP contribution in [0.2, 0.25) is 0 Å². The molecule has 1 aliphatic heterocycles. The van der Waals surface area contributed by atoms with E-state index in [9.17, 15) is 9.59 Å². The van der Waals surface area contributed by atoms with E-state index in [1.807, 2.05) is 0 Å². The van der Waals surface area contributed by atoms with E-state index in [-0.39, 0.29) is 23.3 Å². The maximum absolute atomic E-state index is 13.1. The minimum atomic E-state index is -0.189. The normalized spacial score (nSPS) is 39.5. The second-order valence-electron chi connectivity index (χ2n) is 8.55. The first-order valence-electron chi connectivity index (χ1n) is 9.41. The largest absolute Gasteiger partial charge is 0.465 e. The predicted molar refractivity (Wildman–Crippen MR) is 86.5 cm³/mol. The number of carbonyl (C=O) groups is 2. The molecule has 5 fully saturated rings. The second kappa shape index (κ2) is 6.06. The van der Waals surface area contributed by atoms with E-state index in [0.717, 1.165) is 37.0 Å². The van der Waals surface area contributed by atoms with Gasteiger partial charge >= 0.3 is 5.97 Å². The average Bonchev–Trinajstić information content (AvgIpc) is 2.91. The third kappa shape index (κ3) is 2.81. The molecule has 1 atom stereocenters. The Morgan fingerprint density at radius 2 is 1.83 bits per heavy atom. The standard InChI is InChI=1S/C19H26N2O3/c20-2-1-3-21(17(22)7-16-8-18(23)24-12-16)19-9-13-4-14(10-19)6-15(5-13)11-19/h13-16H,1,3-12H2. The van der Waals surface area contributed by atoms with Gasteiger partial charge in [0.15, 0.2) is 0 Å². The number of esters is 1. The summed E-state index contributed by atoms with van der Waals surface area (Å²) in [5, 5.41) is 9.05. The van der Waals surface area contributed by atoms with E-state index in [2.05, 4.69) is 11.0 Å². The van der Waals surface area contributed by atoms with Crippen molar-refractivity contribution in [2.45, 2.75) is 63.3 Å². The van der Waals surface area contributed by atoms with Crippen molar-refractivity contribution < 1.29 is 14.3 Å². The summed E-state index contributed by atoms with van der Waals surface area (Å²) in [6.07, 6.45) is 8.52. The highest BCUT2D eigenvalue weighted by molar-refractivity contribution is 5.79. The van der Waals surface area contributed by atoms with Gasteiger partial charge in [0.1, 0.15) is 0 Å². The zero-order valence-corrected chi connectivity index (χ0v) is 14.2. The molecule has 5 heteroatoms. The fraction of sp³-hybridized carbons (Fsp3) is 0.842. The Morgan fingerprint density at radius 3 is 2.33 bits per heavy atom. The highest BCUT2D eigenvalue weighted by atomic mass is 16.5. The van der Waals surface area contributed by atoms with Gasteiger partial charge in [0.25, 0.3) is 0 Å². The minimum absolute atomic E-state index is 0.00778. The fourth-order valence-corrected chi connectivity index (χ4v) is 6.24.